The molecule has 16 heavy (non-hydrogen) atoms. The van der Waals surface area contributed by atoms with E-state index in [0.717, 1.165) is 22.5 Å². The lowest BCUT2D eigenvalue weighted by Gasteiger charge is -2.24. The van der Waals surface area contributed by atoms with E-state index in [1.54, 1.807) is 0 Å². The van der Waals surface area contributed by atoms with Gasteiger partial charge in [0.25, 0.3) is 0 Å². The molecule has 0 aromatic carbocycles. The fourth-order valence-electron chi connectivity index (χ4n) is 1.86. The summed E-state index contributed by atoms with van der Waals surface area (Å²) in [7, 11) is 0. The third kappa shape index (κ3) is 2.67. The van der Waals surface area contributed by atoms with Crippen LogP contribution in [0.15, 0.2) is 16.7 Å². The van der Waals surface area contributed by atoms with Gasteiger partial charge in [-0.15, -0.1) is 0 Å². The zero-order valence-electron chi connectivity index (χ0n) is 9.62. The molecule has 0 amide bonds. The normalized spacial score (nSPS) is 15.1. The molecule has 1 aliphatic rings. The number of unbranched alkanes of at least 4 members (excludes halogenated alkanes) is 1. The van der Waals surface area contributed by atoms with Gasteiger partial charge in [-0.25, -0.2) is 4.98 Å². The summed E-state index contributed by atoms with van der Waals surface area (Å²) in [4.78, 5) is 6.81. The first-order valence-electron chi connectivity index (χ1n) is 5.90. The maximum absolute atomic E-state index is 6.03. The van der Waals surface area contributed by atoms with E-state index in [0.29, 0.717) is 6.04 Å². The molecule has 4 heteroatoms. The predicted molar refractivity (Wildman–Crippen MR) is 71.6 cm³/mol. The van der Waals surface area contributed by atoms with Crippen molar-refractivity contribution in [2.45, 2.75) is 38.6 Å². The highest BCUT2D eigenvalue weighted by Gasteiger charge is 2.30. The molecule has 1 saturated carbocycles. The van der Waals surface area contributed by atoms with Gasteiger partial charge in [0.15, 0.2) is 5.82 Å². The van der Waals surface area contributed by atoms with Crippen LogP contribution in [-0.4, -0.2) is 17.6 Å². The van der Waals surface area contributed by atoms with Crippen LogP contribution in [0.3, 0.4) is 0 Å². The van der Waals surface area contributed by atoms with Crippen LogP contribution in [0.4, 0.5) is 11.5 Å². The molecular weight excluding hydrogens is 266 g/mol. The molecule has 3 nitrogen and oxygen atoms in total. The van der Waals surface area contributed by atoms with E-state index in [9.17, 15) is 0 Å². The van der Waals surface area contributed by atoms with Crippen LogP contribution in [0, 0.1) is 0 Å². The summed E-state index contributed by atoms with van der Waals surface area (Å²) in [6.07, 6.45) is 6.79. The molecule has 1 aromatic heterocycles. The molecule has 1 heterocycles. The zero-order chi connectivity index (χ0) is 11.5. The van der Waals surface area contributed by atoms with Gasteiger partial charge in [-0.05, 0) is 41.3 Å². The van der Waals surface area contributed by atoms with Gasteiger partial charge in [0.05, 0.1) is 5.69 Å². The molecule has 88 valence electrons. The molecule has 0 unspecified atom stereocenters. The number of aromatic nitrogens is 1. The van der Waals surface area contributed by atoms with Crippen LogP contribution in [0.5, 0.6) is 0 Å². The van der Waals surface area contributed by atoms with Gasteiger partial charge in [-0.2, -0.15) is 0 Å². The summed E-state index contributed by atoms with van der Waals surface area (Å²) in [5.74, 6) is 0.958. The van der Waals surface area contributed by atoms with Crippen molar-refractivity contribution in [3.63, 3.8) is 0 Å². The standard InChI is InChI=1S/C12H18BrN3/c1-2-3-6-16(10-4-5-10)12-11(14)7-9(13)8-15-12/h7-8,10H,2-6,14H2,1H3. The van der Waals surface area contributed by atoms with Gasteiger partial charge in [0.1, 0.15) is 0 Å². The Morgan fingerprint density at radius 2 is 2.31 bits per heavy atom. The summed E-state index contributed by atoms with van der Waals surface area (Å²) >= 11 is 3.39. The molecule has 2 N–H and O–H groups in total. The Kier molecular flexibility index (Phi) is 3.69. The second-order valence-corrected chi connectivity index (χ2v) is 5.26. The first-order valence-corrected chi connectivity index (χ1v) is 6.69. The number of nitrogen functional groups attached to an aromatic ring is 1. The third-order valence-corrected chi connectivity index (χ3v) is 3.31. The molecule has 1 fully saturated rings. The fourth-order valence-corrected chi connectivity index (χ4v) is 2.21. The molecule has 1 aliphatic carbocycles. The van der Waals surface area contributed by atoms with Gasteiger partial charge in [0.2, 0.25) is 0 Å². The Morgan fingerprint density at radius 1 is 1.56 bits per heavy atom. The summed E-state index contributed by atoms with van der Waals surface area (Å²) in [5.41, 5.74) is 6.80. The monoisotopic (exact) mass is 283 g/mol. The Hall–Kier alpha value is -0.770. The highest BCUT2D eigenvalue weighted by molar-refractivity contribution is 9.10. The van der Waals surface area contributed by atoms with E-state index in [1.807, 2.05) is 12.3 Å². The lowest BCUT2D eigenvalue weighted by atomic mass is 10.3. The molecule has 2 rings (SSSR count). The molecule has 0 bridgehead atoms. The van der Waals surface area contributed by atoms with Crippen molar-refractivity contribution < 1.29 is 0 Å². The largest absolute Gasteiger partial charge is 0.396 e. The number of anilines is 2. The van der Waals surface area contributed by atoms with Gasteiger partial charge < -0.3 is 10.6 Å². The average Bonchev–Trinajstić information content (AvgIpc) is 3.05. The van der Waals surface area contributed by atoms with Crippen LogP contribution >= 0.6 is 15.9 Å². The van der Waals surface area contributed by atoms with Gasteiger partial charge >= 0.3 is 0 Å². The van der Waals surface area contributed by atoms with Crippen molar-refractivity contribution in [2.24, 2.45) is 0 Å². The van der Waals surface area contributed by atoms with E-state index >= 15 is 0 Å². The van der Waals surface area contributed by atoms with Crippen LogP contribution in [0.1, 0.15) is 32.6 Å². The van der Waals surface area contributed by atoms with E-state index in [4.69, 9.17) is 5.73 Å². The smallest absolute Gasteiger partial charge is 0.152 e. The maximum atomic E-state index is 6.03. The number of nitrogens with two attached hydrogens (primary N) is 1. The molecule has 0 spiro atoms. The van der Waals surface area contributed by atoms with Crippen molar-refractivity contribution in [2.75, 3.05) is 17.2 Å². The quantitative estimate of drug-likeness (QED) is 0.902. The van der Waals surface area contributed by atoms with Crippen molar-refractivity contribution in [1.29, 1.82) is 0 Å². The van der Waals surface area contributed by atoms with Gasteiger partial charge in [0, 0.05) is 23.3 Å². The van der Waals surface area contributed by atoms with Crippen molar-refractivity contribution in [3.8, 4) is 0 Å². The van der Waals surface area contributed by atoms with Crippen molar-refractivity contribution in [1.82, 2.24) is 4.98 Å². The molecule has 0 radical (unpaired) electrons. The number of rotatable bonds is 5. The van der Waals surface area contributed by atoms with Gasteiger partial charge in [-0.1, -0.05) is 13.3 Å². The number of halogens is 1. The maximum Gasteiger partial charge on any atom is 0.152 e. The second-order valence-electron chi connectivity index (χ2n) is 4.34. The number of pyridine rings is 1. The molecular formula is C12H18BrN3. The number of hydrogen-bond donors (Lipinski definition) is 1. The predicted octanol–water partition coefficient (Wildman–Crippen LogP) is 3.20. The topological polar surface area (TPSA) is 42.2 Å². The molecule has 0 aliphatic heterocycles. The Bertz CT molecular complexity index is 363. The Balaban J connectivity index is 2.17. The minimum atomic E-state index is 0.669. The first kappa shape index (κ1) is 11.7. The fraction of sp³-hybridized carbons (Fsp3) is 0.583. The minimum absolute atomic E-state index is 0.669. The SMILES string of the molecule is CCCCN(c1ncc(Br)cc1N)C1CC1. The first-order chi connectivity index (χ1) is 7.72. The highest BCUT2D eigenvalue weighted by atomic mass is 79.9. The van der Waals surface area contributed by atoms with E-state index < -0.39 is 0 Å². The highest BCUT2D eigenvalue weighted by Crippen LogP contribution is 2.34. The van der Waals surface area contributed by atoms with Crippen molar-refractivity contribution in [3.05, 3.63) is 16.7 Å². The third-order valence-electron chi connectivity index (χ3n) is 2.87. The average molecular weight is 284 g/mol. The lowest BCUT2D eigenvalue weighted by Crippen LogP contribution is -2.28. The zero-order valence-corrected chi connectivity index (χ0v) is 11.2. The van der Waals surface area contributed by atoms with Crippen LogP contribution in [-0.2, 0) is 0 Å². The van der Waals surface area contributed by atoms with E-state index in [-0.39, 0.29) is 0 Å². The second kappa shape index (κ2) is 5.04. The lowest BCUT2D eigenvalue weighted by molar-refractivity contribution is 0.705. The van der Waals surface area contributed by atoms with Crippen LogP contribution < -0.4 is 10.6 Å². The number of hydrogen-bond acceptors (Lipinski definition) is 3. The van der Waals surface area contributed by atoms with Gasteiger partial charge in [-0.3, -0.25) is 0 Å². The van der Waals surface area contributed by atoms with Crippen LogP contribution in [0.25, 0.3) is 0 Å². The van der Waals surface area contributed by atoms with E-state index in [2.05, 4.69) is 32.7 Å². The van der Waals surface area contributed by atoms with Crippen molar-refractivity contribution >= 4 is 27.4 Å². The summed E-state index contributed by atoms with van der Waals surface area (Å²) in [6, 6.07) is 2.60. The molecule has 0 saturated heterocycles. The molecule has 1 aromatic rings. The summed E-state index contributed by atoms with van der Waals surface area (Å²) in [6.45, 7) is 3.28. The van der Waals surface area contributed by atoms with E-state index in [1.165, 1.54) is 25.7 Å². The van der Waals surface area contributed by atoms with Crippen LogP contribution in [0.2, 0.25) is 0 Å². The minimum Gasteiger partial charge on any atom is -0.396 e. The number of nitrogens with zero attached hydrogens (tertiary/aromatic N) is 2. The summed E-state index contributed by atoms with van der Waals surface area (Å²) in [5, 5.41) is 0. The Labute approximate surface area is 105 Å². The molecule has 0 atom stereocenters. The Morgan fingerprint density at radius 3 is 2.88 bits per heavy atom. The summed E-state index contributed by atoms with van der Waals surface area (Å²) < 4.78 is 0.944.